The smallest absolute Gasteiger partial charge is 0.235 e. The van der Waals surface area contributed by atoms with E-state index in [-0.39, 0.29) is 11.2 Å². The van der Waals surface area contributed by atoms with Crippen molar-refractivity contribution >= 4 is 29.3 Å². The molecule has 0 spiro atoms. The van der Waals surface area contributed by atoms with Crippen LogP contribution in [0.15, 0.2) is 29.4 Å². The molecular weight excluding hydrogens is 370 g/mol. The molecule has 0 aliphatic carbocycles. The Morgan fingerprint density at radius 2 is 1.92 bits per heavy atom. The molecule has 1 fully saturated rings. The summed E-state index contributed by atoms with van der Waals surface area (Å²) in [7, 11) is 1.90. The number of halogens is 1. The number of benzene rings is 1. The summed E-state index contributed by atoms with van der Waals surface area (Å²) in [6, 6.07) is 7.56. The lowest BCUT2D eigenvalue weighted by Gasteiger charge is -2.35. The third-order valence-corrected chi connectivity index (χ3v) is 6.16. The molecule has 6 nitrogen and oxygen atoms in total. The molecule has 1 aromatic carbocycles. The van der Waals surface area contributed by atoms with Gasteiger partial charge in [-0.2, -0.15) is 0 Å². The topological polar surface area (TPSA) is 54.3 Å². The minimum atomic E-state index is -0.204. The van der Waals surface area contributed by atoms with Gasteiger partial charge in [-0.3, -0.25) is 4.79 Å². The SMILES string of the molecule is CCN1CCN(C(=O)[C@@H](C)Sc2nnc(-c3ccccc3Cl)n2C)CC1. The van der Waals surface area contributed by atoms with E-state index in [0.717, 1.165) is 38.3 Å². The van der Waals surface area contributed by atoms with Gasteiger partial charge >= 0.3 is 0 Å². The van der Waals surface area contributed by atoms with Crippen molar-refractivity contribution in [3.8, 4) is 11.4 Å². The zero-order chi connectivity index (χ0) is 18.7. The van der Waals surface area contributed by atoms with Crippen LogP contribution < -0.4 is 0 Å². The van der Waals surface area contributed by atoms with Crippen LogP contribution in [-0.4, -0.2) is 68.4 Å². The Kier molecular flexibility index (Phi) is 6.21. The lowest BCUT2D eigenvalue weighted by atomic mass is 10.2. The number of hydrogen-bond acceptors (Lipinski definition) is 5. The molecule has 26 heavy (non-hydrogen) atoms. The Balaban J connectivity index is 1.68. The molecule has 1 amide bonds. The van der Waals surface area contributed by atoms with E-state index < -0.39 is 0 Å². The molecule has 1 aliphatic heterocycles. The number of rotatable bonds is 5. The molecule has 140 valence electrons. The summed E-state index contributed by atoms with van der Waals surface area (Å²) in [5, 5.41) is 9.68. The molecule has 0 radical (unpaired) electrons. The zero-order valence-corrected chi connectivity index (χ0v) is 16.9. The maximum absolute atomic E-state index is 12.7. The number of hydrogen-bond donors (Lipinski definition) is 0. The Hall–Kier alpha value is -1.57. The summed E-state index contributed by atoms with van der Waals surface area (Å²) < 4.78 is 1.89. The molecule has 8 heteroatoms. The van der Waals surface area contributed by atoms with Crippen LogP contribution in [0.4, 0.5) is 0 Å². The summed E-state index contributed by atoms with van der Waals surface area (Å²) in [5.41, 5.74) is 0.839. The maximum Gasteiger partial charge on any atom is 0.235 e. The molecule has 0 unspecified atom stereocenters. The fourth-order valence-electron chi connectivity index (χ4n) is 3.04. The largest absolute Gasteiger partial charge is 0.339 e. The molecule has 2 heterocycles. The van der Waals surface area contributed by atoms with E-state index in [1.807, 2.05) is 47.7 Å². The van der Waals surface area contributed by atoms with Crippen LogP contribution >= 0.6 is 23.4 Å². The number of thioether (sulfide) groups is 1. The number of carbonyl (C=O) groups excluding carboxylic acids is 1. The summed E-state index contributed by atoms with van der Waals surface area (Å²) in [4.78, 5) is 17.1. The molecule has 3 rings (SSSR count). The first-order valence-electron chi connectivity index (χ1n) is 8.83. The van der Waals surface area contributed by atoms with Crippen molar-refractivity contribution in [1.82, 2.24) is 24.6 Å². The van der Waals surface area contributed by atoms with Gasteiger partial charge in [-0.1, -0.05) is 42.4 Å². The van der Waals surface area contributed by atoms with E-state index in [9.17, 15) is 4.79 Å². The first kappa shape index (κ1) is 19.2. The Bertz CT molecular complexity index is 773. The van der Waals surface area contributed by atoms with E-state index in [1.165, 1.54) is 11.8 Å². The van der Waals surface area contributed by atoms with Crippen molar-refractivity contribution in [2.75, 3.05) is 32.7 Å². The van der Waals surface area contributed by atoms with Crippen LogP contribution in [0.1, 0.15) is 13.8 Å². The highest BCUT2D eigenvalue weighted by Crippen LogP contribution is 2.30. The summed E-state index contributed by atoms with van der Waals surface area (Å²) in [6.45, 7) is 8.60. The van der Waals surface area contributed by atoms with E-state index in [2.05, 4.69) is 22.0 Å². The van der Waals surface area contributed by atoms with Crippen LogP contribution in [0.2, 0.25) is 5.02 Å². The van der Waals surface area contributed by atoms with Gasteiger partial charge in [0.05, 0.1) is 10.3 Å². The molecule has 1 saturated heterocycles. The Morgan fingerprint density at radius 1 is 1.23 bits per heavy atom. The fraction of sp³-hybridized carbons (Fsp3) is 0.500. The first-order chi connectivity index (χ1) is 12.5. The predicted molar refractivity (Wildman–Crippen MR) is 105 cm³/mol. The monoisotopic (exact) mass is 393 g/mol. The minimum Gasteiger partial charge on any atom is -0.339 e. The van der Waals surface area contributed by atoms with Crippen LogP contribution in [0.25, 0.3) is 11.4 Å². The third kappa shape index (κ3) is 4.05. The molecule has 1 aliphatic rings. The minimum absolute atomic E-state index is 0.160. The van der Waals surface area contributed by atoms with Gasteiger partial charge in [-0.15, -0.1) is 10.2 Å². The predicted octanol–water partition coefficient (Wildman–Crippen LogP) is 2.78. The highest BCUT2D eigenvalue weighted by atomic mass is 35.5. The number of likely N-dealkylation sites (N-methyl/N-ethyl adjacent to an activating group) is 1. The quantitative estimate of drug-likeness (QED) is 0.731. The number of piperazine rings is 1. The average molecular weight is 394 g/mol. The van der Waals surface area contributed by atoms with Gasteiger partial charge in [0.25, 0.3) is 0 Å². The van der Waals surface area contributed by atoms with E-state index >= 15 is 0 Å². The lowest BCUT2D eigenvalue weighted by molar-refractivity contribution is -0.132. The van der Waals surface area contributed by atoms with Gasteiger partial charge in [-0.25, -0.2) is 0 Å². The standard InChI is InChI=1S/C18H24ClN5OS/c1-4-23-9-11-24(12-10-23)17(25)13(2)26-18-21-20-16(22(18)3)14-7-5-6-8-15(14)19/h5-8,13H,4,9-12H2,1-3H3/t13-/m1/s1. The first-order valence-corrected chi connectivity index (χ1v) is 10.1. The summed E-state index contributed by atoms with van der Waals surface area (Å²) in [6.07, 6.45) is 0. The lowest BCUT2D eigenvalue weighted by Crippen LogP contribution is -2.50. The molecule has 0 N–H and O–H groups in total. The van der Waals surface area contributed by atoms with Gasteiger partial charge in [-0.05, 0) is 25.6 Å². The van der Waals surface area contributed by atoms with Crippen molar-refractivity contribution in [2.24, 2.45) is 7.05 Å². The maximum atomic E-state index is 12.7. The molecule has 0 saturated carbocycles. The Labute approximate surface area is 163 Å². The van der Waals surface area contributed by atoms with Crippen molar-refractivity contribution in [3.05, 3.63) is 29.3 Å². The highest BCUT2D eigenvalue weighted by Gasteiger charge is 2.26. The van der Waals surface area contributed by atoms with Crippen LogP contribution in [0.3, 0.4) is 0 Å². The van der Waals surface area contributed by atoms with Gasteiger partial charge in [0.1, 0.15) is 0 Å². The van der Waals surface area contributed by atoms with Crippen LogP contribution in [0.5, 0.6) is 0 Å². The van der Waals surface area contributed by atoms with Crippen molar-refractivity contribution in [2.45, 2.75) is 24.3 Å². The van der Waals surface area contributed by atoms with Crippen molar-refractivity contribution in [1.29, 1.82) is 0 Å². The van der Waals surface area contributed by atoms with Gasteiger partial charge in [0.15, 0.2) is 11.0 Å². The molecule has 1 atom stereocenters. The van der Waals surface area contributed by atoms with Gasteiger partial charge in [0.2, 0.25) is 5.91 Å². The number of carbonyl (C=O) groups is 1. The second-order valence-corrected chi connectivity index (χ2v) is 8.08. The third-order valence-electron chi connectivity index (χ3n) is 4.71. The van der Waals surface area contributed by atoms with Crippen LogP contribution in [-0.2, 0) is 11.8 Å². The second-order valence-electron chi connectivity index (χ2n) is 6.36. The normalized spacial score (nSPS) is 16.7. The van der Waals surface area contributed by atoms with E-state index in [4.69, 9.17) is 11.6 Å². The Morgan fingerprint density at radius 3 is 2.58 bits per heavy atom. The summed E-state index contributed by atoms with van der Waals surface area (Å²) >= 11 is 7.71. The number of amides is 1. The van der Waals surface area contributed by atoms with Gasteiger partial charge < -0.3 is 14.4 Å². The van der Waals surface area contributed by atoms with Gasteiger partial charge in [0, 0.05) is 38.8 Å². The second kappa shape index (κ2) is 8.41. The molecule has 0 bridgehead atoms. The molecule has 2 aromatic rings. The summed E-state index contributed by atoms with van der Waals surface area (Å²) in [5.74, 6) is 0.863. The molecular formula is C18H24ClN5OS. The number of aromatic nitrogens is 3. The zero-order valence-electron chi connectivity index (χ0n) is 15.4. The average Bonchev–Trinajstić information content (AvgIpc) is 3.02. The van der Waals surface area contributed by atoms with Crippen molar-refractivity contribution in [3.63, 3.8) is 0 Å². The molecule has 1 aromatic heterocycles. The van der Waals surface area contributed by atoms with E-state index in [0.29, 0.717) is 16.0 Å². The van der Waals surface area contributed by atoms with Crippen LogP contribution in [0, 0.1) is 0 Å². The highest BCUT2D eigenvalue weighted by molar-refractivity contribution is 8.00. The fourth-order valence-corrected chi connectivity index (χ4v) is 4.16. The number of nitrogens with zero attached hydrogens (tertiary/aromatic N) is 5. The van der Waals surface area contributed by atoms with Crippen molar-refractivity contribution < 1.29 is 4.79 Å². The van der Waals surface area contributed by atoms with E-state index in [1.54, 1.807) is 0 Å².